The average Bonchev–Trinajstić information content (AvgIpc) is 4.08. The molecule has 0 radical (unpaired) electrons. The minimum Gasteiger partial charge on any atom is -0.497 e. The van der Waals surface area contributed by atoms with Crippen molar-refractivity contribution in [2.24, 2.45) is 17.8 Å². The van der Waals surface area contributed by atoms with Gasteiger partial charge in [-0.25, -0.2) is 23.2 Å². The van der Waals surface area contributed by atoms with Crippen molar-refractivity contribution in [2.45, 2.75) is 120 Å². The number of sulfonamides is 1. The van der Waals surface area contributed by atoms with Gasteiger partial charge in [0.15, 0.2) is 12.2 Å². The van der Waals surface area contributed by atoms with E-state index in [1.165, 1.54) is 25.9 Å². The molecule has 62 heavy (non-hydrogen) atoms. The number of fused-ring (bicyclic) bond motifs is 3. The number of methoxy groups -OCH3 is 1. The first-order valence-corrected chi connectivity index (χ1v) is 22.2. The third-order valence-electron chi connectivity index (χ3n) is 12.8. The lowest BCUT2D eigenvalue weighted by molar-refractivity contribution is -0.222. The number of oxazole rings is 1. The molecular formula is C42H51F3N6O10S. The van der Waals surface area contributed by atoms with Gasteiger partial charge in [-0.2, -0.15) is 13.2 Å². The predicted octanol–water partition coefficient (Wildman–Crippen LogP) is 5.82. The molecule has 2 aromatic heterocycles. The molecule has 3 aromatic rings. The van der Waals surface area contributed by atoms with Gasteiger partial charge in [0.2, 0.25) is 27.7 Å². The van der Waals surface area contributed by atoms with Crippen molar-refractivity contribution >= 4 is 44.6 Å². The fourth-order valence-electron chi connectivity index (χ4n) is 8.79. The number of nitrogens with zero attached hydrogens (tertiary/aromatic N) is 4. The van der Waals surface area contributed by atoms with E-state index in [1.807, 2.05) is 13.0 Å². The molecule has 16 nitrogen and oxygen atoms in total. The summed E-state index contributed by atoms with van der Waals surface area (Å²) >= 11 is 0. The Kier molecular flexibility index (Phi) is 12.0. The minimum atomic E-state index is -5.11. The minimum absolute atomic E-state index is 0.0431. The van der Waals surface area contributed by atoms with Crippen LogP contribution in [0.1, 0.15) is 79.1 Å². The maximum absolute atomic E-state index is 15.2. The number of nitrogens with one attached hydrogen (secondary N) is 2. The molecule has 1 saturated heterocycles. The van der Waals surface area contributed by atoms with Gasteiger partial charge < -0.3 is 29.2 Å². The van der Waals surface area contributed by atoms with Crippen LogP contribution >= 0.6 is 0 Å². The number of pyridine rings is 1. The number of halogens is 3. The van der Waals surface area contributed by atoms with Crippen molar-refractivity contribution in [3.63, 3.8) is 0 Å². The molecule has 4 aliphatic rings. The molecule has 4 heterocycles. The maximum Gasteiger partial charge on any atom is 0.411 e. The summed E-state index contributed by atoms with van der Waals surface area (Å²) in [6, 6.07) is 1.67. The first-order chi connectivity index (χ1) is 29.2. The van der Waals surface area contributed by atoms with Crippen LogP contribution in [0.3, 0.4) is 0 Å². The largest absolute Gasteiger partial charge is 0.497 e. The summed E-state index contributed by atoms with van der Waals surface area (Å²) in [7, 11) is -2.55. The Balaban J connectivity index is 1.31. The summed E-state index contributed by atoms with van der Waals surface area (Å²) in [6.45, 7) is 4.55. The highest BCUT2D eigenvalue weighted by Crippen LogP contribution is 2.47. The number of carboxylic acid groups (broad SMARTS) is 1. The zero-order valence-corrected chi connectivity index (χ0v) is 35.8. The Morgan fingerprint density at radius 2 is 1.87 bits per heavy atom. The van der Waals surface area contributed by atoms with E-state index >= 15 is 4.79 Å². The molecule has 2 saturated carbocycles. The number of hydrogen-bond acceptors (Lipinski definition) is 11. The van der Waals surface area contributed by atoms with Crippen molar-refractivity contribution in [3.8, 4) is 23.0 Å². The first-order valence-electron chi connectivity index (χ1n) is 20.7. The smallest absolute Gasteiger partial charge is 0.411 e. The van der Waals surface area contributed by atoms with E-state index in [1.54, 1.807) is 31.2 Å². The Hall–Kier alpha value is -5.40. The molecule has 3 N–H and O–H groups in total. The lowest BCUT2D eigenvalue weighted by Gasteiger charge is -2.46. The van der Waals surface area contributed by atoms with Gasteiger partial charge >= 0.3 is 12.3 Å². The van der Waals surface area contributed by atoms with Crippen LogP contribution in [0.2, 0.25) is 0 Å². The number of carbonyl (C=O) groups excluding carboxylic acids is 3. The SMILES string of the molecule is CC[C@@H]1C[C@H](C)CCC=C[C@@H]2C[C@@]2(C(=O)NS(=O)(=O)C2CC2)NC(=O)[C@@H]2C[C@@H](Oc3ncc(-c4cnco4)c4cc(OC)ccc34)CN2C(=O)[C@H]1N(C(=O)O)C(C)(C)C(F)(F)F. The third-order valence-corrected chi connectivity index (χ3v) is 14.6. The molecule has 7 atom stereocenters. The van der Waals surface area contributed by atoms with Gasteiger partial charge in [0.1, 0.15) is 35.0 Å². The summed E-state index contributed by atoms with van der Waals surface area (Å²) in [6.07, 6.45) is 1.46. The molecular weight excluding hydrogens is 838 g/mol. The number of benzene rings is 1. The molecule has 2 aliphatic heterocycles. The van der Waals surface area contributed by atoms with E-state index in [4.69, 9.17) is 13.9 Å². The molecule has 0 spiro atoms. The zero-order chi connectivity index (χ0) is 44.9. The Morgan fingerprint density at radius 1 is 1.13 bits per heavy atom. The predicted molar refractivity (Wildman–Crippen MR) is 217 cm³/mol. The number of hydrogen-bond donors (Lipinski definition) is 3. The van der Waals surface area contributed by atoms with E-state index in [9.17, 15) is 41.1 Å². The highest BCUT2D eigenvalue weighted by Gasteiger charge is 2.63. The molecule has 336 valence electrons. The standard InChI is InChI=1S/C42H51F3N6O10S/c1-6-24-15-23(2)9-7-8-10-25-18-41(25,38(54)49-62(57,58)28-12-13-28)48-35(52)32-17-27(21-50(32)37(53)34(24)51(39(55)56)40(3,4)42(43,44)45)61-36-29-14-11-26(59-5)16-30(29)31(19-47-36)33-20-46-22-60-33/h8,10-11,14,16,19-20,22-25,27-28,32,34H,6-7,9,12-13,15,17-18,21H2,1-5H3,(H,48,52)(H,49,54)(H,55,56)/t23-,24-,25-,27-,32+,34+,41-/m1/s1. The first kappa shape index (κ1) is 44.6. The summed E-state index contributed by atoms with van der Waals surface area (Å²) in [5.74, 6) is -3.66. The number of rotatable bonds is 10. The Labute approximate surface area is 356 Å². The van der Waals surface area contributed by atoms with Gasteiger partial charge in [0.05, 0.1) is 25.1 Å². The van der Waals surface area contributed by atoms with E-state index < -0.39 is 86.4 Å². The normalized spacial score (nSPS) is 27.3. The number of amides is 4. The van der Waals surface area contributed by atoms with Crippen LogP contribution in [0.15, 0.2) is 53.6 Å². The molecule has 4 amide bonds. The van der Waals surface area contributed by atoms with Gasteiger partial charge in [0, 0.05) is 34.9 Å². The van der Waals surface area contributed by atoms with E-state index in [2.05, 4.69) is 20.0 Å². The summed E-state index contributed by atoms with van der Waals surface area (Å²) < 4.78 is 90.1. The van der Waals surface area contributed by atoms with Crippen molar-refractivity contribution in [3.05, 3.63) is 49.1 Å². The highest BCUT2D eigenvalue weighted by molar-refractivity contribution is 7.91. The van der Waals surface area contributed by atoms with Crippen LogP contribution in [0.25, 0.3) is 22.1 Å². The molecule has 0 bridgehead atoms. The second-order valence-corrected chi connectivity index (χ2v) is 19.3. The van der Waals surface area contributed by atoms with Gasteiger partial charge in [-0.3, -0.25) is 24.0 Å². The Morgan fingerprint density at radius 3 is 2.50 bits per heavy atom. The monoisotopic (exact) mass is 888 g/mol. The van der Waals surface area contributed by atoms with Gasteiger partial charge in [0.25, 0.3) is 5.91 Å². The fraction of sp³-hybridized carbons (Fsp3) is 0.571. The molecule has 0 unspecified atom stereocenters. The van der Waals surface area contributed by atoms with Crippen LogP contribution < -0.4 is 19.5 Å². The molecule has 20 heteroatoms. The molecule has 7 rings (SSSR count). The van der Waals surface area contributed by atoms with Crippen molar-refractivity contribution in [1.82, 2.24) is 29.8 Å². The number of aromatic nitrogens is 2. The molecule has 3 fully saturated rings. The topological polar surface area (TPSA) is 211 Å². The van der Waals surface area contributed by atoms with Crippen molar-refractivity contribution in [2.75, 3.05) is 13.7 Å². The quantitative estimate of drug-likeness (QED) is 0.206. The Bertz CT molecular complexity index is 2350. The maximum atomic E-state index is 15.2. The van der Waals surface area contributed by atoms with E-state index in [0.29, 0.717) is 67.4 Å². The van der Waals surface area contributed by atoms with Crippen LogP contribution in [0, 0.1) is 17.8 Å². The van der Waals surface area contributed by atoms with Crippen LogP contribution in [-0.2, 0) is 24.4 Å². The van der Waals surface area contributed by atoms with Crippen LogP contribution in [0.4, 0.5) is 18.0 Å². The summed E-state index contributed by atoms with van der Waals surface area (Å²) in [4.78, 5) is 66.7. The zero-order valence-electron chi connectivity index (χ0n) is 35.0. The highest BCUT2D eigenvalue weighted by atomic mass is 32.2. The van der Waals surface area contributed by atoms with Gasteiger partial charge in [-0.15, -0.1) is 0 Å². The van der Waals surface area contributed by atoms with Crippen molar-refractivity contribution in [1.29, 1.82) is 0 Å². The number of ether oxygens (including phenoxy) is 2. The van der Waals surface area contributed by atoms with E-state index in [-0.39, 0.29) is 48.9 Å². The lowest BCUT2D eigenvalue weighted by atomic mass is 9.82. The van der Waals surface area contributed by atoms with Gasteiger partial charge in [-0.05, 0) is 82.4 Å². The third kappa shape index (κ3) is 8.53. The fourth-order valence-corrected chi connectivity index (χ4v) is 10.2. The average molecular weight is 889 g/mol. The number of carbonyl (C=O) groups is 4. The summed E-state index contributed by atoms with van der Waals surface area (Å²) in [5.41, 5.74) is -4.24. The van der Waals surface area contributed by atoms with Crippen molar-refractivity contribution < 1.29 is 59.8 Å². The lowest BCUT2D eigenvalue weighted by Crippen LogP contribution is -2.66. The second kappa shape index (κ2) is 16.7. The molecule has 1 aromatic carbocycles. The number of alkyl halides is 3. The number of allylic oxidation sites excluding steroid dienone is 1. The molecule has 2 aliphatic carbocycles. The summed E-state index contributed by atoms with van der Waals surface area (Å²) in [5, 5.41) is 13.6. The van der Waals surface area contributed by atoms with Crippen LogP contribution in [0.5, 0.6) is 11.6 Å². The second-order valence-electron chi connectivity index (χ2n) is 17.4. The van der Waals surface area contributed by atoms with E-state index in [0.717, 1.165) is 4.90 Å². The van der Waals surface area contributed by atoms with Crippen LogP contribution in [-0.4, -0.2) is 111 Å². The van der Waals surface area contributed by atoms with Gasteiger partial charge in [-0.1, -0.05) is 32.4 Å².